The molecule has 0 bridgehead atoms. The molecule has 0 aliphatic rings. The summed E-state index contributed by atoms with van der Waals surface area (Å²) in [5.41, 5.74) is 1.38. The molecule has 7 heteroatoms. The van der Waals surface area contributed by atoms with Gasteiger partial charge >= 0.3 is 5.97 Å². The highest BCUT2D eigenvalue weighted by atomic mass is 35.5. The minimum atomic E-state index is -3.89. The highest BCUT2D eigenvalue weighted by Gasteiger charge is 2.27. The number of rotatable bonds is 6. The lowest BCUT2D eigenvalue weighted by Crippen LogP contribution is -2.32. The first-order valence-electron chi connectivity index (χ1n) is 7.36. The van der Waals surface area contributed by atoms with Crippen molar-refractivity contribution in [1.29, 1.82) is 0 Å². The van der Waals surface area contributed by atoms with E-state index in [1.165, 1.54) is 19.2 Å². The van der Waals surface area contributed by atoms with Crippen LogP contribution in [0.2, 0.25) is 5.02 Å². The number of aryl methyl sites for hydroxylation is 1. The largest absolute Gasteiger partial charge is 0.466 e. The van der Waals surface area contributed by atoms with E-state index in [0.29, 0.717) is 10.6 Å². The predicted octanol–water partition coefficient (Wildman–Crippen LogP) is 3.40. The van der Waals surface area contributed by atoms with Crippen molar-refractivity contribution in [3.63, 3.8) is 0 Å². The predicted molar refractivity (Wildman–Crippen MR) is 96.8 cm³/mol. The van der Waals surface area contributed by atoms with Crippen molar-refractivity contribution >= 4 is 27.6 Å². The molecule has 0 aliphatic carbocycles. The van der Waals surface area contributed by atoms with Gasteiger partial charge in [0.25, 0.3) is 0 Å². The second-order valence-corrected chi connectivity index (χ2v) is 7.59. The van der Waals surface area contributed by atoms with Crippen molar-refractivity contribution < 1.29 is 17.9 Å². The van der Waals surface area contributed by atoms with Gasteiger partial charge in [-0.3, -0.25) is 0 Å². The van der Waals surface area contributed by atoms with E-state index in [0.717, 1.165) is 5.56 Å². The minimum absolute atomic E-state index is 0.0412. The van der Waals surface area contributed by atoms with E-state index in [1.54, 1.807) is 36.4 Å². The summed E-state index contributed by atoms with van der Waals surface area (Å²) < 4.78 is 32.6. The number of hydrogen-bond acceptors (Lipinski definition) is 4. The molecule has 0 fully saturated rings. The molecule has 0 saturated carbocycles. The third kappa shape index (κ3) is 4.69. The van der Waals surface area contributed by atoms with Gasteiger partial charge in [0, 0.05) is 5.02 Å². The maximum absolute atomic E-state index is 12.7. The number of ether oxygens (including phenoxy) is 1. The summed E-state index contributed by atoms with van der Waals surface area (Å²) in [7, 11) is -2.68. The maximum atomic E-state index is 12.7. The molecule has 2 rings (SSSR count). The minimum Gasteiger partial charge on any atom is -0.466 e. The van der Waals surface area contributed by atoms with E-state index >= 15 is 0 Å². The van der Waals surface area contributed by atoms with Gasteiger partial charge in [0.05, 0.1) is 23.6 Å². The van der Waals surface area contributed by atoms with Crippen LogP contribution < -0.4 is 4.72 Å². The quantitative estimate of drug-likeness (QED) is 0.616. The van der Waals surface area contributed by atoms with Gasteiger partial charge in [-0.15, -0.1) is 0 Å². The molecule has 0 amide bonds. The number of carbonyl (C=O) groups excluding carboxylic acids is 1. The van der Waals surface area contributed by atoms with Gasteiger partial charge < -0.3 is 4.74 Å². The fourth-order valence-electron chi connectivity index (χ4n) is 2.22. The van der Waals surface area contributed by atoms with E-state index in [9.17, 15) is 13.2 Å². The molecular formula is C18H18ClNO4S. The van der Waals surface area contributed by atoms with E-state index in [2.05, 4.69) is 16.0 Å². The van der Waals surface area contributed by atoms with Crippen molar-refractivity contribution in [3.8, 4) is 0 Å². The average Bonchev–Trinajstić information content (AvgIpc) is 2.58. The maximum Gasteiger partial charge on any atom is 0.335 e. The van der Waals surface area contributed by atoms with E-state index in [-0.39, 0.29) is 10.5 Å². The van der Waals surface area contributed by atoms with Crippen molar-refractivity contribution in [2.75, 3.05) is 7.11 Å². The first-order chi connectivity index (χ1) is 11.7. The van der Waals surface area contributed by atoms with Gasteiger partial charge in [-0.1, -0.05) is 48.0 Å². The van der Waals surface area contributed by atoms with Crippen LogP contribution >= 0.6 is 11.6 Å². The number of hydrogen-bond donors (Lipinski definition) is 1. The highest BCUT2D eigenvalue weighted by Crippen LogP contribution is 2.26. The van der Waals surface area contributed by atoms with Crippen LogP contribution in [0, 0.1) is 6.92 Å². The lowest BCUT2D eigenvalue weighted by atomic mass is 10.0. The van der Waals surface area contributed by atoms with Crippen molar-refractivity contribution in [1.82, 2.24) is 4.72 Å². The number of methoxy groups -OCH3 is 1. The first-order valence-corrected chi connectivity index (χ1v) is 9.22. The topological polar surface area (TPSA) is 72.5 Å². The van der Waals surface area contributed by atoms with Crippen molar-refractivity contribution in [2.45, 2.75) is 17.9 Å². The van der Waals surface area contributed by atoms with Crippen LogP contribution in [0.15, 0.2) is 65.6 Å². The molecule has 25 heavy (non-hydrogen) atoms. The van der Waals surface area contributed by atoms with Gasteiger partial charge in [0.2, 0.25) is 10.0 Å². The van der Waals surface area contributed by atoms with Crippen LogP contribution in [0.4, 0.5) is 0 Å². The fourth-order valence-corrected chi connectivity index (χ4v) is 3.63. The van der Waals surface area contributed by atoms with Gasteiger partial charge in [-0.05, 0) is 36.8 Å². The molecule has 1 N–H and O–H groups in total. The van der Waals surface area contributed by atoms with Gasteiger partial charge in [0.15, 0.2) is 0 Å². The second-order valence-electron chi connectivity index (χ2n) is 5.44. The van der Waals surface area contributed by atoms with Crippen molar-refractivity contribution in [2.24, 2.45) is 0 Å². The molecule has 0 heterocycles. The summed E-state index contributed by atoms with van der Waals surface area (Å²) in [6.07, 6.45) is 0. The standard InChI is InChI=1S/C18H18ClNO4S/c1-12-7-9-16(10-8-12)25(22,23)20-17(13(2)18(21)24-3)14-5-4-6-15(19)11-14/h4-11,17,20H,2H2,1,3H3. The smallest absolute Gasteiger partial charge is 0.335 e. The summed E-state index contributed by atoms with van der Waals surface area (Å²) >= 11 is 5.99. The number of carbonyl (C=O) groups is 1. The summed E-state index contributed by atoms with van der Waals surface area (Å²) in [6.45, 7) is 5.54. The van der Waals surface area contributed by atoms with Crippen molar-refractivity contribution in [3.05, 3.63) is 76.8 Å². The van der Waals surface area contributed by atoms with Crippen LogP contribution in [-0.2, 0) is 19.6 Å². The van der Waals surface area contributed by atoms with Crippen LogP contribution in [0.3, 0.4) is 0 Å². The molecule has 1 atom stereocenters. The number of halogens is 1. The monoisotopic (exact) mass is 379 g/mol. The zero-order chi connectivity index (χ0) is 18.6. The Morgan fingerprint density at radius 3 is 2.40 bits per heavy atom. The summed E-state index contributed by atoms with van der Waals surface area (Å²) in [5.74, 6) is -0.711. The first kappa shape index (κ1) is 19.2. The summed E-state index contributed by atoms with van der Waals surface area (Å²) in [6, 6.07) is 11.9. The Bertz CT molecular complexity index is 892. The normalized spacial score (nSPS) is 12.4. The van der Waals surface area contributed by atoms with Crippen LogP contribution in [0.1, 0.15) is 17.2 Å². The molecule has 5 nitrogen and oxygen atoms in total. The molecule has 2 aromatic carbocycles. The molecule has 0 radical (unpaired) electrons. The van der Waals surface area contributed by atoms with Crippen LogP contribution in [0.25, 0.3) is 0 Å². The van der Waals surface area contributed by atoms with Gasteiger partial charge in [0.1, 0.15) is 0 Å². The Morgan fingerprint density at radius 1 is 1.20 bits per heavy atom. The Hall–Kier alpha value is -2.15. The Morgan fingerprint density at radius 2 is 1.84 bits per heavy atom. The van der Waals surface area contributed by atoms with E-state index in [4.69, 9.17) is 11.6 Å². The lowest BCUT2D eigenvalue weighted by Gasteiger charge is -2.20. The number of benzene rings is 2. The molecule has 2 aromatic rings. The molecule has 0 spiro atoms. The summed E-state index contributed by atoms with van der Waals surface area (Å²) in [5, 5.41) is 0.412. The van der Waals surface area contributed by atoms with Gasteiger partial charge in [-0.25, -0.2) is 13.2 Å². The number of esters is 1. The Balaban J connectivity index is 2.43. The number of sulfonamides is 1. The third-order valence-corrected chi connectivity index (χ3v) is 5.26. The van der Waals surface area contributed by atoms with E-state index in [1.807, 2.05) is 6.92 Å². The fraction of sp³-hybridized carbons (Fsp3) is 0.167. The lowest BCUT2D eigenvalue weighted by molar-refractivity contribution is -0.136. The van der Waals surface area contributed by atoms with E-state index < -0.39 is 22.0 Å². The molecule has 0 aromatic heterocycles. The van der Waals surface area contributed by atoms with Crippen LogP contribution in [0.5, 0.6) is 0 Å². The zero-order valence-corrected chi connectivity index (χ0v) is 15.4. The summed E-state index contributed by atoms with van der Waals surface area (Å²) in [4.78, 5) is 12.0. The molecule has 0 aliphatic heterocycles. The average molecular weight is 380 g/mol. The number of nitrogens with one attached hydrogen (secondary N) is 1. The molecule has 1 unspecified atom stereocenters. The SMILES string of the molecule is C=C(C(=O)OC)C(NS(=O)(=O)c1ccc(C)cc1)c1cccc(Cl)c1. The third-order valence-electron chi connectivity index (χ3n) is 3.58. The molecular weight excluding hydrogens is 362 g/mol. The Kier molecular flexibility index (Phi) is 6.00. The molecule has 132 valence electrons. The van der Waals surface area contributed by atoms with Gasteiger partial charge in [-0.2, -0.15) is 4.72 Å². The Labute approximate surface area is 152 Å². The zero-order valence-electron chi connectivity index (χ0n) is 13.8. The highest BCUT2D eigenvalue weighted by molar-refractivity contribution is 7.89. The second kappa shape index (κ2) is 7.82. The van der Waals surface area contributed by atoms with Crippen LogP contribution in [-0.4, -0.2) is 21.5 Å². The molecule has 0 saturated heterocycles.